The van der Waals surface area contributed by atoms with Crippen LogP contribution in [0.25, 0.3) is 0 Å². The van der Waals surface area contributed by atoms with E-state index in [0.29, 0.717) is 19.3 Å². The largest absolute Gasteiger partial charge is 0.325 e. The zero-order valence-electron chi connectivity index (χ0n) is 18.2. The molecule has 0 saturated carbocycles. The average Bonchev–Trinajstić information content (AvgIpc) is 3.14. The van der Waals surface area contributed by atoms with E-state index >= 15 is 0 Å². The number of hydrogen-bond acceptors (Lipinski definition) is 4. The number of hydrogen-bond donors (Lipinski definition) is 3. The Hall–Kier alpha value is -1.30. The Labute approximate surface area is 183 Å². The molecule has 2 rings (SSSR count). The van der Waals surface area contributed by atoms with Gasteiger partial charge in [0.1, 0.15) is 0 Å². The van der Waals surface area contributed by atoms with E-state index in [9.17, 15) is 9.36 Å². The molecule has 5 nitrogen and oxygen atoms in total. The molecule has 0 amide bonds. The van der Waals surface area contributed by atoms with Crippen LogP contribution in [-0.4, -0.2) is 27.3 Å². The van der Waals surface area contributed by atoms with Crippen LogP contribution >= 0.6 is 18.9 Å². The van der Waals surface area contributed by atoms with Gasteiger partial charge in [0.15, 0.2) is 5.78 Å². The first-order valence-electron chi connectivity index (χ1n) is 10.5. The van der Waals surface area contributed by atoms with Crippen molar-refractivity contribution in [2.75, 3.05) is 6.16 Å². The van der Waals surface area contributed by atoms with Gasteiger partial charge in [0.05, 0.1) is 11.0 Å². The number of rotatable bonds is 12. The highest BCUT2D eigenvalue weighted by molar-refractivity contribution is 7.51. The number of benzene rings is 1. The number of aryl methyl sites for hydroxylation is 4. The maximum Gasteiger partial charge on any atom is 0.325 e. The molecule has 1 heterocycles. The van der Waals surface area contributed by atoms with Gasteiger partial charge in [0, 0.05) is 16.8 Å². The summed E-state index contributed by atoms with van der Waals surface area (Å²) in [5, 5.41) is 0. The molecule has 0 aliphatic carbocycles. The second-order valence-corrected chi connectivity index (χ2v) is 11.6. The van der Waals surface area contributed by atoms with Crippen molar-refractivity contribution < 1.29 is 19.1 Å². The van der Waals surface area contributed by atoms with Crippen molar-refractivity contribution in [2.24, 2.45) is 5.73 Å². The monoisotopic (exact) mass is 451 g/mol. The van der Waals surface area contributed by atoms with Crippen LogP contribution in [0.4, 0.5) is 0 Å². The van der Waals surface area contributed by atoms with Crippen molar-refractivity contribution in [1.82, 2.24) is 0 Å². The van der Waals surface area contributed by atoms with Gasteiger partial charge in [-0.2, -0.15) is 0 Å². The maximum absolute atomic E-state index is 12.5. The molecule has 1 aromatic heterocycles. The lowest BCUT2D eigenvalue weighted by Gasteiger charge is -2.24. The Morgan fingerprint density at radius 1 is 1.07 bits per heavy atom. The van der Waals surface area contributed by atoms with E-state index in [1.807, 2.05) is 19.1 Å². The third kappa shape index (κ3) is 8.83. The van der Waals surface area contributed by atoms with Crippen molar-refractivity contribution in [2.45, 2.75) is 71.3 Å². The highest BCUT2D eigenvalue weighted by Gasteiger charge is 2.24. The van der Waals surface area contributed by atoms with Gasteiger partial charge in [-0.05, 0) is 88.1 Å². The number of carbonyl (C=O) groups excluding carboxylic acids is 1. The predicted octanol–water partition coefficient (Wildman–Crippen LogP) is 5.18. The van der Waals surface area contributed by atoms with E-state index in [0.717, 1.165) is 29.0 Å². The molecule has 2 aromatic rings. The summed E-state index contributed by atoms with van der Waals surface area (Å²) >= 11 is 1.50. The SMILES string of the molecule is Cc1ccc(CCCCC(=O)c2ccc(CCC(C)(N)CCP(=O)(O)O)s2)cc1C. The Morgan fingerprint density at radius 3 is 2.47 bits per heavy atom. The van der Waals surface area contributed by atoms with Gasteiger partial charge < -0.3 is 15.5 Å². The fourth-order valence-electron chi connectivity index (χ4n) is 3.29. The van der Waals surface area contributed by atoms with Crippen molar-refractivity contribution >= 4 is 24.7 Å². The van der Waals surface area contributed by atoms with Crippen LogP contribution in [0.5, 0.6) is 0 Å². The third-order valence-corrected chi connectivity index (χ3v) is 7.54. The van der Waals surface area contributed by atoms with E-state index in [1.54, 1.807) is 0 Å². The Morgan fingerprint density at radius 2 is 1.80 bits per heavy atom. The third-order valence-electron chi connectivity index (χ3n) is 5.54. The molecule has 0 aliphatic rings. The van der Waals surface area contributed by atoms with E-state index in [4.69, 9.17) is 15.5 Å². The summed E-state index contributed by atoms with van der Waals surface area (Å²) in [4.78, 5) is 32.4. The van der Waals surface area contributed by atoms with E-state index < -0.39 is 13.1 Å². The van der Waals surface area contributed by atoms with Gasteiger partial charge in [-0.15, -0.1) is 11.3 Å². The zero-order valence-corrected chi connectivity index (χ0v) is 19.9. The minimum absolute atomic E-state index is 0.184. The number of unbranched alkanes of at least 4 members (excludes halogenated alkanes) is 1. The standard InChI is InChI=1S/C23H34NO4PS/c1-17-8-9-19(16-18(17)2)6-4-5-7-21(25)22-11-10-20(30-22)12-13-23(3,24)14-15-29(26,27)28/h8-11,16H,4-7,12-15,24H2,1-3H3,(H2,26,27,28). The number of Topliss-reactive ketones (excluding diaryl/α,β-unsaturated/α-hetero) is 1. The van der Waals surface area contributed by atoms with Crippen LogP contribution in [0, 0.1) is 13.8 Å². The van der Waals surface area contributed by atoms with Crippen LogP contribution in [0.1, 0.15) is 70.3 Å². The summed E-state index contributed by atoms with van der Waals surface area (Å²) in [6.45, 7) is 6.06. The zero-order chi connectivity index (χ0) is 22.4. The van der Waals surface area contributed by atoms with Gasteiger partial charge in [0.25, 0.3) is 0 Å². The van der Waals surface area contributed by atoms with Gasteiger partial charge in [-0.1, -0.05) is 18.2 Å². The molecule has 30 heavy (non-hydrogen) atoms. The van der Waals surface area contributed by atoms with Crippen LogP contribution in [0.3, 0.4) is 0 Å². The molecule has 7 heteroatoms. The average molecular weight is 452 g/mol. The molecule has 0 fully saturated rings. The highest BCUT2D eigenvalue weighted by atomic mass is 32.1. The molecule has 0 aliphatic heterocycles. The molecule has 1 unspecified atom stereocenters. The summed E-state index contributed by atoms with van der Waals surface area (Å²) in [6.07, 6.45) is 4.83. The second kappa shape index (κ2) is 10.8. The molecule has 1 atom stereocenters. The van der Waals surface area contributed by atoms with Crippen molar-refractivity contribution in [1.29, 1.82) is 0 Å². The number of thiophene rings is 1. The number of carbonyl (C=O) groups is 1. The first-order valence-corrected chi connectivity index (χ1v) is 13.1. The lowest BCUT2D eigenvalue weighted by molar-refractivity contribution is 0.0983. The molecule has 0 saturated heterocycles. The van der Waals surface area contributed by atoms with Gasteiger partial charge >= 0.3 is 7.60 Å². The predicted molar refractivity (Wildman–Crippen MR) is 125 cm³/mol. The topological polar surface area (TPSA) is 101 Å². The quantitative estimate of drug-likeness (QED) is 0.235. The Kier molecular flexibility index (Phi) is 9.01. The van der Waals surface area contributed by atoms with E-state index in [1.165, 1.54) is 28.0 Å². The minimum atomic E-state index is -4.03. The van der Waals surface area contributed by atoms with E-state index in [2.05, 4.69) is 32.0 Å². The fraction of sp³-hybridized carbons (Fsp3) is 0.522. The normalized spacial score (nSPS) is 13.9. The fourth-order valence-corrected chi connectivity index (χ4v) is 5.07. The lowest BCUT2D eigenvalue weighted by atomic mass is 9.94. The summed E-state index contributed by atoms with van der Waals surface area (Å²) < 4.78 is 11.1. The number of nitrogens with two attached hydrogens (primary N) is 1. The van der Waals surface area contributed by atoms with Gasteiger partial charge in [-0.25, -0.2) is 0 Å². The Bertz CT molecular complexity index is 900. The van der Waals surface area contributed by atoms with Crippen molar-refractivity contribution in [3.63, 3.8) is 0 Å². The first kappa shape index (κ1) is 25.0. The molecule has 0 radical (unpaired) electrons. The first-order chi connectivity index (χ1) is 14.0. The number of ketones is 1. The molecule has 166 valence electrons. The summed E-state index contributed by atoms with van der Waals surface area (Å²) in [7, 11) is -4.03. The second-order valence-electron chi connectivity index (χ2n) is 8.61. The lowest BCUT2D eigenvalue weighted by Crippen LogP contribution is -2.37. The summed E-state index contributed by atoms with van der Waals surface area (Å²) in [5.74, 6) is 0.184. The van der Waals surface area contributed by atoms with Gasteiger partial charge in [0.2, 0.25) is 0 Å². The summed E-state index contributed by atoms with van der Waals surface area (Å²) in [5.41, 5.74) is 9.49. The maximum atomic E-state index is 12.5. The smallest absolute Gasteiger partial charge is 0.325 e. The summed E-state index contributed by atoms with van der Waals surface area (Å²) in [6, 6.07) is 10.4. The van der Waals surface area contributed by atoms with Crippen LogP contribution in [0.15, 0.2) is 30.3 Å². The molecule has 0 bridgehead atoms. The van der Waals surface area contributed by atoms with Crippen LogP contribution < -0.4 is 5.73 Å². The van der Waals surface area contributed by atoms with Gasteiger partial charge in [-0.3, -0.25) is 9.36 Å². The molecule has 1 aromatic carbocycles. The van der Waals surface area contributed by atoms with Crippen molar-refractivity contribution in [3.8, 4) is 0 Å². The van der Waals surface area contributed by atoms with Crippen LogP contribution in [-0.2, 0) is 17.4 Å². The minimum Gasteiger partial charge on any atom is -0.325 e. The molecule has 4 N–H and O–H groups in total. The van der Waals surface area contributed by atoms with Crippen LogP contribution in [0.2, 0.25) is 0 Å². The molecular formula is C23H34NO4PS. The molecular weight excluding hydrogens is 417 g/mol. The van der Waals surface area contributed by atoms with Crippen molar-refractivity contribution in [3.05, 3.63) is 56.8 Å². The highest BCUT2D eigenvalue weighted by Crippen LogP contribution is 2.37. The Balaban J connectivity index is 1.74. The molecule has 0 spiro atoms. The van der Waals surface area contributed by atoms with E-state index in [-0.39, 0.29) is 18.4 Å².